The lowest BCUT2D eigenvalue weighted by molar-refractivity contribution is -0.132. The lowest BCUT2D eigenvalue weighted by Gasteiger charge is -2.33. The summed E-state index contributed by atoms with van der Waals surface area (Å²) in [6, 6.07) is 18.3. The molecule has 2 aliphatic rings. The van der Waals surface area contributed by atoms with E-state index in [1.54, 1.807) is 12.1 Å². The summed E-state index contributed by atoms with van der Waals surface area (Å²) in [6.07, 6.45) is 0.986. The molecule has 0 spiro atoms. The highest BCUT2D eigenvalue weighted by Gasteiger charge is 2.35. The van der Waals surface area contributed by atoms with Crippen LogP contribution in [0.1, 0.15) is 28.4 Å². The van der Waals surface area contributed by atoms with Crippen LogP contribution in [-0.4, -0.2) is 66.9 Å². The van der Waals surface area contributed by atoms with Gasteiger partial charge in [-0.25, -0.2) is 0 Å². The Bertz CT molecular complexity index is 821. The Morgan fingerprint density at radius 3 is 2.28 bits per heavy atom. The van der Waals surface area contributed by atoms with Crippen LogP contribution in [0.4, 0.5) is 0 Å². The van der Waals surface area contributed by atoms with Crippen molar-refractivity contribution in [1.29, 1.82) is 0 Å². The van der Waals surface area contributed by atoms with Gasteiger partial charge in [-0.15, -0.1) is 0 Å². The number of amides is 2. The van der Waals surface area contributed by atoms with E-state index in [-0.39, 0.29) is 11.8 Å². The number of carbonyl (C=O) groups excluding carboxylic acids is 2. The van der Waals surface area contributed by atoms with Crippen molar-refractivity contribution < 1.29 is 9.59 Å². The second-order valence-corrected chi connectivity index (χ2v) is 7.70. The predicted molar refractivity (Wildman–Crippen MR) is 113 cm³/mol. The highest BCUT2D eigenvalue weighted by Crippen LogP contribution is 2.22. The Hall–Kier alpha value is -2.70. The zero-order valence-corrected chi connectivity index (χ0v) is 16.6. The molecule has 2 aliphatic heterocycles. The van der Waals surface area contributed by atoms with Gasteiger partial charge in [-0.2, -0.15) is 0 Å². The molecule has 2 unspecified atom stereocenters. The maximum Gasteiger partial charge on any atom is 0.252 e. The molecule has 29 heavy (non-hydrogen) atoms. The summed E-state index contributed by atoms with van der Waals surface area (Å²) >= 11 is 0. The smallest absolute Gasteiger partial charge is 0.252 e. The third-order valence-electron chi connectivity index (χ3n) is 5.83. The molecule has 0 aliphatic carbocycles. The van der Waals surface area contributed by atoms with E-state index in [0.29, 0.717) is 11.6 Å². The number of nitrogens with zero attached hydrogens (tertiary/aromatic N) is 2. The molecule has 4 rings (SSSR count). The fraction of sp³-hybridized carbons (Fsp3) is 0.391. The molecule has 2 fully saturated rings. The molecule has 0 radical (unpaired) electrons. The predicted octanol–water partition coefficient (Wildman–Crippen LogP) is 1.66. The lowest BCUT2D eigenvalue weighted by Crippen LogP contribution is -2.50. The summed E-state index contributed by atoms with van der Waals surface area (Å²) in [6.45, 7) is 5.52. The molecule has 2 aromatic rings. The summed E-state index contributed by atoms with van der Waals surface area (Å²) in [5, 5.41) is 6.35. The topological polar surface area (TPSA) is 64.7 Å². The van der Waals surface area contributed by atoms with Gasteiger partial charge in [0.25, 0.3) is 5.91 Å². The molecule has 6 heteroatoms. The molecule has 0 aromatic heterocycles. The van der Waals surface area contributed by atoms with E-state index in [4.69, 9.17) is 0 Å². The summed E-state index contributed by atoms with van der Waals surface area (Å²) in [5.41, 5.74) is 1.37. The Balaban J connectivity index is 1.49. The molecule has 0 saturated carbocycles. The average Bonchev–Trinajstić information content (AvgIpc) is 3.29. The van der Waals surface area contributed by atoms with Crippen molar-refractivity contribution in [3.63, 3.8) is 0 Å². The normalized spacial score (nSPS) is 21.0. The van der Waals surface area contributed by atoms with Crippen molar-refractivity contribution in [3.8, 4) is 0 Å². The van der Waals surface area contributed by atoms with Crippen LogP contribution in [-0.2, 0) is 4.79 Å². The summed E-state index contributed by atoms with van der Waals surface area (Å²) in [4.78, 5) is 30.6. The molecule has 2 aromatic carbocycles. The van der Waals surface area contributed by atoms with Gasteiger partial charge in [0.15, 0.2) is 0 Å². The van der Waals surface area contributed by atoms with E-state index in [1.165, 1.54) is 0 Å². The molecule has 152 valence electrons. The summed E-state index contributed by atoms with van der Waals surface area (Å²) in [7, 11) is 0. The van der Waals surface area contributed by atoms with Crippen molar-refractivity contribution in [2.45, 2.75) is 18.5 Å². The van der Waals surface area contributed by atoms with Gasteiger partial charge in [-0.05, 0) is 24.1 Å². The highest BCUT2D eigenvalue weighted by molar-refractivity contribution is 5.97. The summed E-state index contributed by atoms with van der Waals surface area (Å²) < 4.78 is 0. The minimum atomic E-state index is -0.675. The molecular weight excluding hydrogens is 364 g/mol. The fourth-order valence-electron chi connectivity index (χ4n) is 4.21. The van der Waals surface area contributed by atoms with Crippen molar-refractivity contribution >= 4 is 11.8 Å². The first-order chi connectivity index (χ1) is 14.2. The van der Waals surface area contributed by atoms with Crippen LogP contribution in [0.2, 0.25) is 0 Å². The number of piperazine rings is 1. The van der Waals surface area contributed by atoms with Gasteiger partial charge in [0.1, 0.15) is 6.04 Å². The maximum absolute atomic E-state index is 13.4. The summed E-state index contributed by atoms with van der Waals surface area (Å²) in [5.74, 6) is -0.260. The molecule has 2 amide bonds. The number of hydrogen-bond donors (Lipinski definition) is 2. The zero-order valence-electron chi connectivity index (χ0n) is 16.6. The Kier molecular flexibility index (Phi) is 6.22. The fourth-order valence-corrected chi connectivity index (χ4v) is 4.21. The first-order valence-electron chi connectivity index (χ1n) is 10.4. The van der Waals surface area contributed by atoms with E-state index in [2.05, 4.69) is 15.5 Å². The number of likely N-dealkylation sites (tertiary alicyclic amines) is 1. The number of nitrogens with one attached hydrogen (secondary N) is 2. The Morgan fingerprint density at radius 1 is 0.931 bits per heavy atom. The largest absolute Gasteiger partial charge is 0.339 e. The molecule has 0 bridgehead atoms. The van der Waals surface area contributed by atoms with Gasteiger partial charge in [0.05, 0.1) is 0 Å². The van der Waals surface area contributed by atoms with Crippen LogP contribution in [0.5, 0.6) is 0 Å². The maximum atomic E-state index is 13.4. The quantitative estimate of drug-likeness (QED) is 0.812. The third kappa shape index (κ3) is 4.66. The van der Waals surface area contributed by atoms with E-state index in [0.717, 1.165) is 51.3 Å². The van der Waals surface area contributed by atoms with Gasteiger partial charge >= 0.3 is 0 Å². The van der Waals surface area contributed by atoms with Crippen molar-refractivity contribution in [1.82, 2.24) is 20.4 Å². The van der Waals surface area contributed by atoms with Crippen LogP contribution in [0.3, 0.4) is 0 Å². The third-order valence-corrected chi connectivity index (χ3v) is 5.83. The molecular formula is C23H28N4O2. The van der Waals surface area contributed by atoms with Crippen LogP contribution in [0.25, 0.3) is 0 Å². The van der Waals surface area contributed by atoms with Crippen LogP contribution in [0.15, 0.2) is 60.7 Å². The van der Waals surface area contributed by atoms with E-state index >= 15 is 0 Å². The molecule has 2 saturated heterocycles. The first kappa shape index (κ1) is 19.6. The van der Waals surface area contributed by atoms with Gasteiger partial charge in [-0.1, -0.05) is 48.5 Å². The second-order valence-electron chi connectivity index (χ2n) is 7.70. The molecule has 6 nitrogen and oxygen atoms in total. The number of rotatable bonds is 5. The Morgan fingerprint density at radius 2 is 1.59 bits per heavy atom. The standard InChI is InChI=1S/C23H28N4O2/c28-22(19-9-5-2-6-10-19)25-21(18-7-3-1-4-8-18)23(29)27-14-11-20(17-27)26-15-12-24-13-16-26/h1-10,20-21,24H,11-17H2,(H,25,28). The van der Waals surface area contributed by atoms with E-state index in [9.17, 15) is 9.59 Å². The lowest BCUT2D eigenvalue weighted by atomic mass is 10.0. The van der Waals surface area contributed by atoms with Gasteiger partial charge in [0, 0.05) is 50.9 Å². The van der Waals surface area contributed by atoms with Gasteiger partial charge in [-0.3, -0.25) is 14.5 Å². The first-order valence-corrected chi connectivity index (χ1v) is 10.4. The van der Waals surface area contributed by atoms with Crippen LogP contribution < -0.4 is 10.6 Å². The van der Waals surface area contributed by atoms with E-state index in [1.807, 2.05) is 53.4 Å². The average molecular weight is 393 g/mol. The van der Waals surface area contributed by atoms with Crippen LogP contribution >= 0.6 is 0 Å². The molecule has 2 atom stereocenters. The minimum absolute atomic E-state index is 0.0295. The van der Waals surface area contributed by atoms with E-state index < -0.39 is 6.04 Å². The van der Waals surface area contributed by atoms with Crippen molar-refractivity contribution in [2.75, 3.05) is 39.3 Å². The monoisotopic (exact) mass is 392 g/mol. The SMILES string of the molecule is O=C(NC(C(=O)N1CCC(N2CCNCC2)C1)c1ccccc1)c1ccccc1. The van der Waals surface area contributed by atoms with Gasteiger partial charge < -0.3 is 15.5 Å². The zero-order chi connectivity index (χ0) is 20.1. The molecule has 2 heterocycles. The van der Waals surface area contributed by atoms with Crippen molar-refractivity contribution in [3.05, 3.63) is 71.8 Å². The highest BCUT2D eigenvalue weighted by atomic mass is 16.2. The minimum Gasteiger partial charge on any atom is -0.339 e. The number of benzene rings is 2. The van der Waals surface area contributed by atoms with Gasteiger partial charge in [0.2, 0.25) is 5.91 Å². The Labute approximate surface area is 171 Å². The number of carbonyl (C=O) groups is 2. The van der Waals surface area contributed by atoms with Crippen molar-refractivity contribution in [2.24, 2.45) is 0 Å². The molecule has 2 N–H and O–H groups in total. The number of hydrogen-bond acceptors (Lipinski definition) is 4. The second kappa shape index (κ2) is 9.20. The van der Waals surface area contributed by atoms with Crippen LogP contribution in [0, 0.1) is 0 Å².